The van der Waals surface area contributed by atoms with Gasteiger partial charge in [0.15, 0.2) is 0 Å². The maximum Gasteiger partial charge on any atom is 0.0621 e. The van der Waals surface area contributed by atoms with Crippen molar-refractivity contribution < 1.29 is 5.11 Å². The Morgan fingerprint density at radius 3 is 2.40 bits per heavy atom. The Hall–Kier alpha value is -0.120. The van der Waals surface area contributed by atoms with Gasteiger partial charge in [-0.15, -0.1) is 0 Å². The number of hydrogen-bond acceptors (Lipinski definition) is 3. The van der Waals surface area contributed by atoms with E-state index < -0.39 is 5.60 Å². The highest BCUT2D eigenvalue weighted by atomic mass is 16.3. The molecule has 0 amide bonds. The minimum absolute atomic E-state index is 0.417. The molecule has 60 valence electrons. The van der Waals surface area contributed by atoms with Gasteiger partial charge in [0, 0.05) is 6.04 Å². The summed E-state index contributed by atoms with van der Waals surface area (Å²) in [7, 11) is 0. The van der Waals surface area contributed by atoms with Gasteiger partial charge in [-0.3, -0.25) is 11.3 Å². The molecule has 1 fully saturated rings. The summed E-state index contributed by atoms with van der Waals surface area (Å²) in [5, 5.41) is 9.52. The van der Waals surface area contributed by atoms with Crippen LogP contribution in [0.4, 0.5) is 0 Å². The molecule has 0 heterocycles. The van der Waals surface area contributed by atoms with E-state index in [4.69, 9.17) is 5.84 Å². The fourth-order valence-corrected chi connectivity index (χ4v) is 1.41. The largest absolute Gasteiger partial charge is 0.390 e. The fraction of sp³-hybridized carbons (Fsp3) is 1.00. The lowest BCUT2D eigenvalue weighted by Gasteiger charge is -2.32. The first kappa shape index (κ1) is 7.98. The molecule has 0 unspecified atom stereocenters. The van der Waals surface area contributed by atoms with Crippen molar-refractivity contribution in [3.8, 4) is 0 Å². The highest BCUT2D eigenvalue weighted by Crippen LogP contribution is 2.26. The number of nitrogens with two attached hydrogens (primary N) is 1. The van der Waals surface area contributed by atoms with Gasteiger partial charge in [-0.05, 0) is 32.6 Å². The molecule has 1 rings (SSSR count). The summed E-state index contributed by atoms with van der Waals surface area (Å²) in [4.78, 5) is 0. The number of hydrogen-bond donors (Lipinski definition) is 3. The van der Waals surface area contributed by atoms with Crippen LogP contribution < -0.4 is 11.3 Å². The summed E-state index contributed by atoms with van der Waals surface area (Å²) >= 11 is 0. The molecule has 0 bridgehead atoms. The molecule has 3 heteroatoms. The quantitative estimate of drug-likeness (QED) is 0.362. The third kappa shape index (κ3) is 1.94. The van der Waals surface area contributed by atoms with E-state index in [-0.39, 0.29) is 0 Å². The van der Waals surface area contributed by atoms with Crippen molar-refractivity contribution in [2.45, 2.75) is 44.2 Å². The second-order valence-corrected chi connectivity index (χ2v) is 3.44. The van der Waals surface area contributed by atoms with E-state index in [1.807, 2.05) is 6.92 Å². The molecule has 3 nitrogen and oxygen atoms in total. The average molecular weight is 144 g/mol. The molecule has 0 aromatic carbocycles. The topological polar surface area (TPSA) is 58.3 Å². The van der Waals surface area contributed by atoms with Crippen LogP contribution in [0.25, 0.3) is 0 Å². The molecule has 1 aliphatic rings. The van der Waals surface area contributed by atoms with Gasteiger partial charge >= 0.3 is 0 Å². The van der Waals surface area contributed by atoms with Crippen molar-refractivity contribution in [1.29, 1.82) is 0 Å². The van der Waals surface area contributed by atoms with Crippen molar-refractivity contribution in [3.05, 3.63) is 0 Å². The molecule has 1 saturated carbocycles. The van der Waals surface area contributed by atoms with Crippen molar-refractivity contribution in [1.82, 2.24) is 5.43 Å². The lowest BCUT2D eigenvalue weighted by atomic mass is 9.84. The molecule has 0 aromatic rings. The van der Waals surface area contributed by atoms with Crippen LogP contribution in [0.2, 0.25) is 0 Å². The summed E-state index contributed by atoms with van der Waals surface area (Å²) in [6.45, 7) is 1.89. The molecular formula is C7H16N2O. The Balaban J connectivity index is 2.31. The fourth-order valence-electron chi connectivity index (χ4n) is 1.41. The summed E-state index contributed by atoms with van der Waals surface area (Å²) in [5.74, 6) is 5.26. The van der Waals surface area contributed by atoms with E-state index in [0.717, 1.165) is 25.7 Å². The van der Waals surface area contributed by atoms with Crippen LogP contribution in [0.5, 0.6) is 0 Å². The SMILES string of the molecule is CC1(O)CCC(NN)CC1. The maximum absolute atomic E-state index is 9.52. The highest BCUT2D eigenvalue weighted by molar-refractivity contribution is 4.83. The summed E-state index contributed by atoms with van der Waals surface area (Å²) in [5.41, 5.74) is 2.29. The Morgan fingerprint density at radius 2 is 2.00 bits per heavy atom. The van der Waals surface area contributed by atoms with Crippen molar-refractivity contribution >= 4 is 0 Å². The molecule has 1 aliphatic carbocycles. The van der Waals surface area contributed by atoms with Crippen molar-refractivity contribution in [2.75, 3.05) is 0 Å². The van der Waals surface area contributed by atoms with Crippen LogP contribution in [0.1, 0.15) is 32.6 Å². The van der Waals surface area contributed by atoms with Crippen LogP contribution in [-0.4, -0.2) is 16.7 Å². The van der Waals surface area contributed by atoms with Crippen molar-refractivity contribution in [2.24, 2.45) is 5.84 Å². The highest BCUT2D eigenvalue weighted by Gasteiger charge is 2.27. The summed E-state index contributed by atoms with van der Waals surface area (Å²) in [6.07, 6.45) is 3.71. The number of rotatable bonds is 1. The Bertz CT molecular complexity index is 104. The second kappa shape index (κ2) is 2.86. The second-order valence-electron chi connectivity index (χ2n) is 3.44. The molecule has 0 aliphatic heterocycles. The monoisotopic (exact) mass is 144 g/mol. The van der Waals surface area contributed by atoms with Crippen LogP contribution in [0.3, 0.4) is 0 Å². The van der Waals surface area contributed by atoms with Gasteiger partial charge in [0.25, 0.3) is 0 Å². The smallest absolute Gasteiger partial charge is 0.0621 e. The zero-order valence-electron chi connectivity index (χ0n) is 6.43. The van der Waals surface area contributed by atoms with Gasteiger partial charge < -0.3 is 5.11 Å². The Morgan fingerprint density at radius 1 is 1.50 bits per heavy atom. The predicted octanol–water partition coefficient (Wildman–Crippen LogP) is 0.143. The van der Waals surface area contributed by atoms with Crippen molar-refractivity contribution in [3.63, 3.8) is 0 Å². The van der Waals surface area contributed by atoms with Crippen LogP contribution in [-0.2, 0) is 0 Å². The van der Waals surface area contributed by atoms with Gasteiger partial charge in [-0.2, -0.15) is 0 Å². The predicted molar refractivity (Wildman–Crippen MR) is 40.2 cm³/mol. The van der Waals surface area contributed by atoms with Crippen LogP contribution in [0.15, 0.2) is 0 Å². The molecule has 10 heavy (non-hydrogen) atoms. The molecule has 4 N–H and O–H groups in total. The lowest BCUT2D eigenvalue weighted by Crippen LogP contribution is -2.42. The lowest BCUT2D eigenvalue weighted by molar-refractivity contribution is 0.0142. The first-order chi connectivity index (χ1) is 4.64. The first-order valence-electron chi connectivity index (χ1n) is 3.82. The molecule has 0 saturated heterocycles. The van der Waals surface area contributed by atoms with E-state index in [1.54, 1.807) is 0 Å². The maximum atomic E-state index is 9.52. The zero-order valence-corrected chi connectivity index (χ0v) is 6.43. The van der Waals surface area contributed by atoms with Gasteiger partial charge in [0.1, 0.15) is 0 Å². The van der Waals surface area contributed by atoms with Gasteiger partial charge in [-0.1, -0.05) is 0 Å². The molecule has 0 spiro atoms. The van der Waals surface area contributed by atoms with E-state index in [2.05, 4.69) is 5.43 Å². The average Bonchev–Trinajstić information content (AvgIpc) is 1.88. The third-order valence-corrected chi connectivity index (χ3v) is 2.30. The van der Waals surface area contributed by atoms with Gasteiger partial charge in [0.2, 0.25) is 0 Å². The first-order valence-corrected chi connectivity index (χ1v) is 3.82. The summed E-state index contributed by atoms with van der Waals surface area (Å²) in [6, 6.07) is 0.417. The molecule has 0 atom stereocenters. The molecular weight excluding hydrogens is 128 g/mol. The normalized spacial score (nSPS) is 41.7. The molecule has 0 radical (unpaired) electrons. The standard InChI is InChI=1S/C7H16N2O/c1-7(10)4-2-6(9-8)3-5-7/h6,9-10H,2-5,8H2,1H3. The minimum atomic E-state index is -0.437. The van der Waals surface area contributed by atoms with Gasteiger partial charge in [0.05, 0.1) is 5.60 Å². The molecule has 0 aromatic heterocycles. The van der Waals surface area contributed by atoms with E-state index in [1.165, 1.54) is 0 Å². The van der Waals surface area contributed by atoms with E-state index >= 15 is 0 Å². The third-order valence-electron chi connectivity index (χ3n) is 2.30. The van der Waals surface area contributed by atoms with E-state index in [0.29, 0.717) is 6.04 Å². The zero-order chi connectivity index (χ0) is 7.61. The number of hydrazine groups is 1. The number of aliphatic hydroxyl groups is 1. The number of nitrogens with one attached hydrogen (secondary N) is 1. The van der Waals surface area contributed by atoms with E-state index in [9.17, 15) is 5.11 Å². The van der Waals surface area contributed by atoms with Crippen LogP contribution in [0, 0.1) is 0 Å². The van der Waals surface area contributed by atoms with Crippen LogP contribution >= 0.6 is 0 Å². The van der Waals surface area contributed by atoms with Gasteiger partial charge in [-0.25, -0.2) is 0 Å². The summed E-state index contributed by atoms with van der Waals surface area (Å²) < 4.78 is 0. The minimum Gasteiger partial charge on any atom is -0.390 e. The Labute approximate surface area is 61.6 Å². The Kier molecular flexibility index (Phi) is 2.28.